The highest BCUT2D eigenvalue weighted by atomic mass is 16.8. The Hall–Kier alpha value is -0.640. The van der Waals surface area contributed by atoms with Crippen molar-refractivity contribution in [1.29, 1.82) is 0 Å². The van der Waals surface area contributed by atoms with Crippen molar-refractivity contribution in [3.05, 3.63) is 0 Å². The van der Waals surface area contributed by atoms with E-state index in [9.17, 15) is 20.4 Å². The minimum atomic E-state index is -1.51. The van der Waals surface area contributed by atoms with Crippen molar-refractivity contribution in [2.45, 2.75) is 124 Å². The fraction of sp³-hybridized carbons (Fsp3) is 1.00. The molecule has 0 aromatic rings. The van der Waals surface area contributed by atoms with E-state index in [4.69, 9.17) is 52.4 Å². The van der Waals surface area contributed by atoms with Crippen LogP contribution in [0.1, 0.15) is 25.7 Å². The first kappa shape index (κ1) is 32.3. The zero-order valence-corrected chi connectivity index (χ0v) is 22.9. The predicted molar refractivity (Wildman–Crippen MR) is 141 cm³/mol. The van der Waals surface area contributed by atoms with Gasteiger partial charge in [0, 0.05) is 31.2 Å². The Morgan fingerprint density at radius 1 is 0.825 bits per heavy atom. The fourth-order valence-electron chi connectivity index (χ4n) is 6.06. The second-order valence-corrected chi connectivity index (χ2v) is 11.3. The minimum absolute atomic E-state index is 0.0402. The van der Waals surface area contributed by atoms with Crippen LogP contribution in [-0.2, 0) is 23.7 Å². The molecule has 11 unspecified atom stereocenters. The van der Waals surface area contributed by atoms with Crippen molar-refractivity contribution >= 4 is 0 Å². The van der Waals surface area contributed by atoms with E-state index in [1.54, 1.807) is 7.05 Å². The maximum atomic E-state index is 11.3. The summed E-state index contributed by atoms with van der Waals surface area (Å²) >= 11 is 0. The number of hydrogen-bond acceptors (Lipinski definition) is 16. The molecular formula is C24H49N7O9. The van der Waals surface area contributed by atoms with Crippen LogP contribution in [0.4, 0.5) is 0 Å². The third-order valence-corrected chi connectivity index (χ3v) is 8.49. The molecule has 16 nitrogen and oxygen atoms in total. The molecule has 3 aliphatic heterocycles. The molecule has 234 valence electrons. The quantitative estimate of drug-likeness (QED) is 0.115. The van der Waals surface area contributed by atoms with Crippen LogP contribution in [-0.4, -0.2) is 145 Å². The summed E-state index contributed by atoms with van der Waals surface area (Å²) in [5, 5.41) is 48.9. The van der Waals surface area contributed by atoms with Gasteiger partial charge >= 0.3 is 0 Å². The van der Waals surface area contributed by atoms with E-state index in [1.807, 2.05) is 0 Å². The van der Waals surface area contributed by atoms with E-state index in [1.165, 1.54) is 0 Å². The van der Waals surface area contributed by atoms with E-state index >= 15 is 0 Å². The van der Waals surface area contributed by atoms with E-state index in [-0.39, 0.29) is 37.3 Å². The lowest BCUT2D eigenvalue weighted by atomic mass is 9.88. The summed E-state index contributed by atoms with van der Waals surface area (Å²) < 4.78 is 30.2. The molecule has 0 radical (unpaired) electrons. The number of rotatable bonds is 10. The Labute approximate surface area is 234 Å². The topological polar surface area (TPSA) is 281 Å². The minimum Gasteiger partial charge on any atom is -0.394 e. The molecule has 0 aromatic carbocycles. The molecule has 0 aromatic heterocycles. The molecule has 0 bridgehead atoms. The number of hydrogen-bond donors (Lipinski definition) is 11. The lowest BCUT2D eigenvalue weighted by Gasteiger charge is -2.51. The predicted octanol–water partition coefficient (Wildman–Crippen LogP) is -5.97. The first-order valence-electron chi connectivity index (χ1n) is 14.1. The van der Waals surface area contributed by atoms with Gasteiger partial charge in [-0.3, -0.25) is 0 Å². The molecule has 1 aliphatic carbocycles. The molecule has 0 amide bonds. The lowest BCUT2D eigenvalue weighted by Crippen LogP contribution is -2.70. The number of likely N-dealkylation sites (N-methyl/N-ethyl adjacent to an activating group) is 1. The Morgan fingerprint density at radius 3 is 2.17 bits per heavy atom. The average Bonchev–Trinajstić information content (AvgIpc) is 2.93. The molecule has 4 fully saturated rings. The molecule has 40 heavy (non-hydrogen) atoms. The van der Waals surface area contributed by atoms with Crippen LogP contribution in [0.2, 0.25) is 0 Å². The number of nitrogens with two attached hydrogens (primary N) is 5. The monoisotopic (exact) mass is 579 g/mol. The number of aliphatic hydroxyl groups is 4. The lowest BCUT2D eigenvalue weighted by molar-refractivity contribution is -0.372. The van der Waals surface area contributed by atoms with Crippen LogP contribution in [0.25, 0.3) is 0 Å². The fourth-order valence-corrected chi connectivity index (χ4v) is 6.06. The SMILES string of the molecule is CNC1C(OC2OC(CO)C(NC(CN)CN)C(O)C2O)O[C@H]2C[C@H](N)C(O[C@H]3CC[C@H](N)CC3N)OC2C1O. The number of fused-ring (bicyclic) bond motifs is 1. The molecule has 4 aliphatic rings. The second-order valence-electron chi connectivity index (χ2n) is 11.3. The summed E-state index contributed by atoms with van der Waals surface area (Å²) in [5.74, 6) is 0. The molecular weight excluding hydrogens is 530 g/mol. The van der Waals surface area contributed by atoms with Gasteiger partial charge in [0.25, 0.3) is 0 Å². The molecule has 16 heteroatoms. The molecule has 16 N–H and O–H groups in total. The summed E-state index contributed by atoms with van der Waals surface area (Å²) in [6.45, 7) is -0.101. The van der Waals surface area contributed by atoms with Crippen LogP contribution in [0.3, 0.4) is 0 Å². The van der Waals surface area contributed by atoms with Gasteiger partial charge in [-0.15, -0.1) is 0 Å². The Kier molecular flexibility index (Phi) is 11.5. The first-order chi connectivity index (χ1) is 19.1. The van der Waals surface area contributed by atoms with Crippen molar-refractivity contribution in [1.82, 2.24) is 10.6 Å². The highest BCUT2D eigenvalue weighted by Crippen LogP contribution is 2.35. The smallest absolute Gasteiger partial charge is 0.189 e. The summed E-state index contributed by atoms with van der Waals surface area (Å²) in [7, 11) is 1.62. The molecule has 3 saturated heterocycles. The van der Waals surface area contributed by atoms with Gasteiger partial charge in [-0.2, -0.15) is 0 Å². The highest BCUT2D eigenvalue weighted by molar-refractivity contribution is 5.00. The van der Waals surface area contributed by atoms with Gasteiger partial charge in [0.1, 0.15) is 30.5 Å². The number of aliphatic hydroxyl groups excluding tert-OH is 4. The van der Waals surface area contributed by atoms with Gasteiger partial charge in [-0.25, -0.2) is 0 Å². The Morgan fingerprint density at radius 2 is 1.55 bits per heavy atom. The van der Waals surface area contributed by atoms with Gasteiger partial charge in [-0.05, 0) is 32.7 Å². The van der Waals surface area contributed by atoms with E-state index in [0.717, 1.165) is 6.42 Å². The van der Waals surface area contributed by atoms with Crippen molar-refractivity contribution < 1.29 is 44.1 Å². The normalized spacial score (nSPS) is 48.2. The first-order valence-corrected chi connectivity index (χ1v) is 14.1. The van der Waals surface area contributed by atoms with Gasteiger partial charge in [0.05, 0.1) is 36.9 Å². The van der Waals surface area contributed by atoms with E-state index < -0.39 is 80.2 Å². The van der Waals surface area contributed by atoms with Crippen LogP contribution in [0, 0.1) is 0 Å². The summed E-state index contributed by atoms with van der Waals surface area (Å²) in [4.78, 5) is 0. The summed E-state index contributed by atoms with van der Waals surface area (Å²) in [5.41, 5.74) is 30.0. The van der Waals surface area contributed by atoms with Gasteiger partial charge in [-0.1, -0.05) is 0 Å². The van der Waals surface area contributed by atoms with Crippen LogP contribution in [0.5, 0.6) is 0 Å². The van der Waals surface area contributed by atoms with Crippen molar-refractivity contribution in [3.8, 4) is 0 Å². The largest absolute Gasteiger partial charge is 0.394 e. The molecule has 1 saturated carbocycles. The third-order valence-electron chi connectivity index (χ3n) is 8.49. The molecule has 3 heterocycles. The summed E-state index contributed by atoms with van der Waals surface area (Å²) in [6.07, 6.45) is -7.50. The van der Waals surface area contributed by atoms with E-state index in [2.05, 4.69) is 10.6 Å². The highest BCUT2D eigenvalue weighted by Gasteiger charge is 2.53. The summed E-state index contributed by atoms with van der Waals surface area (Å²) in [6, 6.07) is -2.78. The molecule has 4 rings (SSSR count). The van der Waals surface area contributed by atoms with Gasteiger partial charge < -0.3 is 83.4 Å². The van der Waals surface area contributed by atoms with Crippen molar-refractivity contribution in [2.24, 2.45) is 28.7 Å². The van der Waals surface area contributed by atoms with Crippen LogP contribution >= 0.6 is 0 Å². The van der Waals surface area contributed by atoms with Crippen LogP contribution < -0.4 is 39.3 Å². The average molecular weight is 580 g/mol. The maximum absolute atomic E-state index is 11.3. The standard InChI is InChI=1S/C24H49N7O9/c1-30-17-19(34)21-14(5-12(29)22(39-21)36-13-3-2-9(27)4-11(13)28)37-23(17)40-24-20(35)18(33)16(15(8-32)38-24)31-10(6-25)7-26/h9-24,30-35H,2-8,25-29H2,1H3/t9-,11?,12-,13-,14-,15?,16?,17?,18?,19?,20?,21?,22?,23?,24?/m0/s1. The number of nitrogens with one attached hydrogen (secondary N) is 2. The Balaban J connectivity index is 1.40. The van der Waals surface area contributed by atoms with Gasteiger partial charge in [0.15, 0.2) is 18.9 Å². The van der Waals surface area contributed by atoms with Crippen molar-refractivity contribution in [3.63, 3.8) is 0 Å². The van der Waals surface area contributed by atoms with Crippen LogP contribution in [0.15, 0.2) is 0 Å². The maximum Gasteiger partial charge on any atom is 0.189 e. The zero-order chi connectivity index (χ0) is 29.1. The Bertz CT molecular complexity index is 785. The molecule has 0 spiro atoms. The third kappa shape index (κ3) is 6.94. The second kappa shape index (κ2) is 14.2. The van der Waals surface area contributed by atoms with Gasteiger partial charge in [0.2, 0.25) is 0 Å². The molecule has 15 atom stereocenters. The zero-order valence-electron chi connectivity index (χ0n) is 22.9. The van der Waals surface area contributed by atoms with Crippen molar-refractivity contribution in [2.75, 3.05) is 26.7 Å². The number of ether oxygens (including phenoxy) is 5. The van der Waals surface area contributed by atoms with E-state index in [0.29, 0.717) is 19.3 Å².